The Balaban J connectivity index is 1.60. The molecular formula is C25H38N4O3. The predicted molar refractivity (Wildman–Crippen MR) is 126 cm³/mol. The molecule has 1 saturated carbocycles. The van der Waals surface area contributed by atoms with Gasteiger partial charge in [-0.2, -0.15) is 0 Å². The van der Waals surface area contributed by atoms with E-state index in [-0.39, 0.29) is 35.7 Å². The summed E-state index contributed by atoms with van der Waals surface area (Å²) < 4.78 is 0. The molecule has 0 spiro atoms. The zero-order chi connectivity index (χ0) is 23.4. The first-order valence-corrected chi connectivity index (χ1v) is 12.0. The lowest BCUT2D eigenvalue weighted by Crippen LogP contribution is -2.60. The Labute approximate surface area is 191 Å². The summed E-state index contributed by atoms with van der Waals surface area (Å²) in [5.74, 6) is 0.761. The van der Waals surface area contributed by atoms with E-state index in [0.717, 1.165) is 19.3 Å². The van der Waals surface area contributed by atoms with Gasteiger partial charge in [-0.25, -0.2) is 4.79 Å². The highest BCUT2D eigenvalue weighted by atomic mass is 16.2. The molecule has 32 heavy (non-hydrogen) atoms. The maximum absolute atomic E-state index is 13.4. The van der Waals surface area contributed by atoms with E-state index >= 15 is 0 Å². The van der Waals surface area contributed by atoms with Gasteiger partial charge in [0.25, 0.3) is 0 Å². The Hall–Kier alpha value is -2.57. The maximum atomic E-state index is 13.4. The normalized spacial score (nSPS) is 20.6. The predicted octanol–water partition coefficient (Wildman–Crippen LogP) is 3.82. The van der Waals surface area contributed by atoms with E-state index in [2.05, 4.69) is 24.5 Å². The quantitative estimate of drug-likeness (QED) is 0.674. The zero-order valence-corrected chi connectivity index (χ0v) is 20.1. The van der Waals surface area contributed by atoms with Gasteiger partial charge in [0.2, 0.25) is 11.8 Å². The number of benzene rings is 1. The van der Waals surface area contributed by atoms with Crippen LogP contribution in [0.4, 0.5) is 10.5 Å². The molecule has 7 nitrogen and oxygen atoms in total. The van der Waals surface area contributed by atoms with E-state index in [4.69, 9.17) is 0 Å². The van der Waals surface area contributed by atoms with E-state index in [9.17, 15) is 14.4 Å². The number of amides is 4. The lowest BCUT2D eigenvalue weighted by molar-refractivity contribution is -0.144. The fourth-order valence-electron chi connectivity index (χ4n) is 4.19. The highest BCUT2D eigenvalue weighted by molar-refractivity contribution is 5.94. The van der Waals surface area contributed by atoms with Gasteiger partial charge in [0.1, 0.15) is 6.04 Å². The van der Waals surface area contributed by atoms with Gasteiger partial charge < -0.3 is 20.4 Å². The molecular weight excluding hydrogens is 404 g/mol. The summed E-state index contributed by atoms with van der Waals surface area (Å²) in [6.45, 7) is 11.8. The van der Waals surface area contributed by atoms with E-state index in [1.807, 2.05) is 49.9 Å². The lowest BCUT2D eigenvalue weighted by Gasteiger charge is -2.41. The summed E-state index contributed by atoms with van der Waals surface area (Å²) in [6, 6.07) is 6.78. The fraction of sp³-hybridized carbons (Fsp3) is 0.640. The number of carbonyl (C=O) groups is 3. The van der Waals surface area contributed by atoms with Crippen LogP contribution in [0.25, 0.3) is 0 Å². The van der Waals surface area contributed by atoms with Gasteiger partial charge in [-0.05, 0) is 49.3 Å². The maximum Gasteiger partial charge on any atom is 0.319 e. The number of rotatable bonds is 7. The van der Waals surface area contributed by atoms with Crippen LogP contribution in [0.3, 0.4) is 0 Å². The van der Waals surface area contributed by atoms with E-state index < -0.39 is 6.04 Å². The van der Waals surface area contributed by atoms with Crippen molar-refractivity contribution in [2.75, 3.05) is 25.0 Å². The van der Waals surface area contributed by atoms with Gasteiger partial charge in [-0.3, -0.25) is 9.59 Å². The number of nitrogens with one attached hydrogen (secondary N) is 2. The van der Waals surface area contributed by atoms with Crippen LogP contribution in [0.5, 0.6) is 0 Å². The van der Waals surface area contributed by atoms with Crippen LogP contribution >= 0.6 is 0 Å². The third-order valence-corrected chi connectivity index (χ3v) is 6.75. The van der Waals surface area contributed by atoms with E-state index in [1.165, 1.54) is 5.56 Å². The van der Waals surface area contributed by atoms with Crippen LogP contribution in [0, 0.1) is 11.8 Å². The summed E-state index contributed by atoms with van der Waals surface area (Å²) in [6.07, 6.45) is 2.75. The largest absolute Gasteiger partial charge is 0.337 e. The molecule has 1 saturated heterocycles. The minimum atomic E-state index is -0.604. The van der Waals surface area contributed by atoms with Crippen molar-refractivity contribution in [3.63, 3.8) is 0 Å². The van der Waals surface area contributed by atoms with Crippen molar-refractivity contribution in [2.45, 2.75) is 71.9 Å². The summed E-state index contributed by atoms with van der Waals surface area (Å²) in [7, 11) is 0. The van der Waals surface area contributed by atoms with Gasteiger partial charge >= 0.3 is 6.03 Å². The molecule has 3 rings (SSSR count). The first-order valence-electron chi connectivity index (χ1n) is 12.0. The number of hydrogen-bond donors (Lipinski definition) is 2. The number of carbonyl (C=O) groups excluding carboxylic acids is 3. The summed E-state index contributed by atoms with van der Waals surface area (Å²) in [5.41, 5.74) is 1.90. The molecule has 3 atom stereocenters. The highest BCUT2D eigenvalue weighted by Gasteiger charge is 2.39. The van der Waals surface area contributed by atoms with Crippen molar-refractivity contribution < 1.29 is 14.4 Å². The van der Waals surface area contributed by atoms with Gasteiger partial charge in [-0.1, -0.05) is 46.2 Å². The third kappa shape index (κ3) is 5.81. The minimum absolute atomic E-state index is 0.00185. The average Bonchev–Trinajstić information content (AvgIpc) is 3.62. The lowest BCUT2D eigenvalue weighted by atomic mass is 9.97. The SMILES string of the molecule is CCC(C)C(NC(=O)Nc1ccc(C(C)C)cc1)C(=O)N1CCN(C(=O)C2CC2)C(C)C1. The molecule has 1 aromatic carbocycles. The molecule has 4 amide bonds. The van der Waals surface area contributed by atoms with E-state index in [1.54, 1.807) is 4.90 Å². The molecule has 0 radical (unpaired) electrons. The fourth-order valence-corrected chi connectivity index (χ4v) is 4.19. The molecule has 2 fully saturated rings. The Bertz CT molecular complexity index is 819. The van der Waals surface area contributed by atoms with Crippen LogP contribution < -0.4 is 10.6 Å². The van der Waals surface area contributed by atoms with Crippen molar-refractivity contribution in [3.8, 4) is 0 Å². The molecule has 176 valence electrons. The minimum Gasteiger partial charge on any atom is -0.337 e. The number of piperazine rings is 1. The first-order chi connectivity index (χ1) is 15.2. The smallest absolute Gasteiger partial charge is 0.319 e. The van der Waals surface area contributed by atoms with E-state index in [0.29, 0.717) is 31.2 Å². The second-order valence-corrected chi connectivity index (χ2v) is 9.68. The number of nitrogens with zero attached hydrogens (tertiary/aromatic N) is 2. The molecule has 7 heteroatoms. The summed E-state index contributed by atoms with van der Waals surface area (Å²) >= 11 is 0. The Kier molecular flexibility index (Phi) is 7.80. The second kappa shape index (κ2) is 10.4. The van der Waals surface area contributed by atoms with Crippen molar-refractivity contribution in [1.82, 2.24) is 15.1 Å². The van der Waals surface area contributed by atoms with Crippen molar-refractivity contribution in [3.05, 3.63) is 29.8 Å². The van der Waals surface area contributed by atoms with Crippen molar-refractivity contribution in [2.24, 2.45) is 11.8 Å². The van der Waals surface area contributed by atoms with Crippen LogP contribution in [0.15, 0.2) is 24.3 Å². The molecule has 2 N–H and O–H groups in total. The van der Waals surface area contributed by atoms with Crippen molar-refractivity contribution in [1.29, 1.82) is 0 Å². The zero-order valence-electron chi connectivity index (χ0n) is 20.1. The van der Waals surface area contributed by atoms with Crippen LogP contribution in [-0.4, -0.2) is 59.4 Å². The Morgan fingerprint density at radius 2 is 1.72 bits per heavy atom. The standard InChI is InChI=1S/C25H38N4O3/c1-6-17(4)22(27-25(32)26-21-11-9-19(10-12-21)16(2)3)24(31)28-13-14-29(18(5)15-28)23(30)20-7-8-20/h9-12,16-18,20,22H,6-8,13-15H2,1-5H3,(H2,26,27,32). The van der Waals surface area contributed by atoms with Gasteiger partial charge in [0, 0.05) is 37.3 Å². The van der Waals surface area contributed by atoms with Gasteiger partial charge in [0.15, 0.2) is 0 Å². The molecule has 0 bridgehead atoms. The van der Waals surface area contributed by atoms with Gasteiger partial charge in [-0.15, -0.1) is 0 Å². The van der Waals surface area contributed by atoms with Crippen LogP contribution in [-0.2, 0) is 9.59 Å². The summed E-state index contributed by atoms with van der Waals surface area (Å²) in [4.78, 5) is 42.2. The average molecular weight is 443 g/mol. The number of urea groups is 1. The third-order valence-electron chi connectivity index (χ3n) is 6.75. The van der Waals surface area contributed by atoms with Crippen molar-refractivity contribution >= 4 is 23.5 Å². The molecule has 1 aromatic rings. The topological polar surface area (TPSA) is 81.8 Å². The monoisotopic (exact) mass is 442 g/mol. The molecule has 1 heterocycles. The first kappa shape index (κ1) is 24.1. The van der Waals surface area contributed by atoms with Crippen LogP contribution in [0.2, 0.25) is 0 Å². The number of anilines is 1. The Morgan fingerprint density at radius 3 is 2.25 bits per heavy atom. The molecule has 2 aliphatic rings. The Morgan fingerprint density at radius 1 is 1.06 bits per heavy atom. The summed E-state index contributed by atoms with van der Waals surface area (Å²) in [5, 5.41) is 5.76. The second-order valence-electron chi connectivity index (χ2n) is 9.68. The van der Waals surface area contributed by atoms with Crippen LogP contribution in [0.1, 0.15) is 65.4 Å². The molecule has 1 aliphatic carbocycles. The van der Waals surface area contributed by atoms with Gasteiger partial charge in [0.05, 0.1) is 0 Å². The molecule has 0 aromatic heterocycles. The highest BCUT2D eigenvalue weighted by Crippen LogP contribution is 2.32. The molecule has 3 unspecified atom stereocenters. The molecule has 1 aliphatic heterocycles. The number of hydrogen-bond acceptors (Lipinski definition) is 3.